The number of nitrogens with zero attached hydrogens (tertiary/aromatic N) is 2. The molecule has 5 nitrogen and oxygen atoms in total. The Hall–Kier alpha value is -1.24. The number of ether oxygens (including phenoxy) is 1. The molecule has 2 aliphatic rings. The molecule has 1 aromatic rings. The van der Waals surface area contributed by atoms with Gasteiger partial charge >= 0.3 is 0 Å². The quantitative estimate of drug-likeness (QED) is 0.394. The normalized spacial score (nSPS) is 20.0. The van der Waals surface area contributed by atoms with Crippen molar-refractivity contribution in [3.8, 4) is 0 Å². The fourth-order valence-corrected chi connectivity index (χ4v) is 4.39. The van der Waals surface area contributed by atoms with Crippen molar-refractivity contribution in [3.05, 3.63) is 30.3 Å². The van der Waals surface area contributed by atoms with Gasteiger partial charge in [-0.05, 0) is 44.4 Å². The van der Waals surface area contributed by atoms with Gasteiger partial charge in [0, 0.05) is 42.9 Å². The van der Waals surface area contributed by atoms with Gasteiger partial charge in [-0.1, -0.05) is 18.2 Å². The number of thioether (sulfide) groups is 1. The molecule has 1 heterocycles. The number of benzene rings is 1. The Bertz CT molecular complexity index is 556. The highest BCUT2D eigenvalue weighted by molar-refractivity contribution is 8.01. The zero-order valence-electron chi connectivity index (χ0n) is 15.9. The van der Waals surface area contributed by atoms with Gasteiger partial charge in [-0.25, -0.2) is 0 Å². The first kappa shape index (κ1) is 19.5. The Morgan fingerprint density at radius 3 is 2.62 bits per heavy atom. The first-order valence-electron chi connectivity index (χ1n) is 9.78. The molecule has 1 saturated heterocycles. The average Bonchev–Trinajstić information content (AvgIpc) is 3.45. The summed E-state index contributed by atoms with van der Waals surface area (Å²) in [4.78, 5) is 8.23. The maximum absolute atomic E-state index is 5.39. The van der Waals surface area contributed by atoms with E-state index in [1.54, 1.807) is 0 Å². The monoisotopic (exact) mass is 376 g/mol. The van der Waals surface area contributed by atoms with Crippen LogP contribution in [0.1, 0.15) is 25.7 Å². The van der Waals surface area contributed by atoms with Crippen LogP contribution in [0.2, 0.25) is 0 Å². The summed E-state index contributed by atoms with van der Waals surface area (Å²) in [5.74, 6) is 0.927. The summed E-state index contributed by atoms with van der Waals surface area (Å²) in [5.41, 5.74) is 0. The number of hydrogen-bond acceptors (Lipinski definition) is 4. The maximum Gasteiger partial charge on any atom is 0.191 e. The SMILES string of the molecule is CN=C(NCCCCN1CCOCC1)NCC1(Sc2ccccc2)CC1. The summed E-state index contributed by atoms with van der Waals surface area (Å²) in [6, 6.07) is 10.7. The number of hydrogen-bond donors (Lipinski definition) is 2. The molecule has 0 spiro atoms. The van der Waals surface area contributed by atoms with Gasteiger partial charge in [0.15, 0.2) is 5.96 Å². The second-order valence-electron chi connectivity index (χ2n) is 7.11. The van der Waals surface area contributed by atoms with Crippen LogP contribution >= 0.6 is 11.8 Å². The number of morpholine rings is 1. The Morgan fingerprint density at radius 1 is 1.15 bits per heavy atom. The fourth-order valence-electron chi connectivity index (χ4n) is 3.15. The topological polar surface area (TPSA) is 48.9 Å². The van der Waals surface area contributed by atoms with Crippen LogP contribution in [0.5, 0.6) is 0 Å². The lowest BCUT2D eigenvalue weighted by atomic mass is 10.2. The van der Waals surface area contributed by atoms with Gasteiger partial charge in [0.2, 0.25) is 0 Å². The van der Waals surface area contributed by atoms with Gasteiger partial charge in [0.05, 0.1) is 13.2 Å². The standard InChI is InChI=1S/C20H32N4OS/c1-21-19(22-11-5-6-12-24-13-15-25-16-14-24)23-17-20(9-10-20)26-18-7-3-2-4-8-18/h2-4,7-8H,5-6,9-17H2,1H3,(H2,21,22,23). The molecule has 3 rings (SSSR count). The molecule has 1 aromatic carbocycles. The largest absolute Gasteiger partial charge is 0.379 e. The number of rotatable bonds is 9. The summed E-state index contributed by atoms with van der Waals surface area (Å²) >= 11 is 2.00. The van der Waals surface area contributed by atoms with Crippen LogP contribution in [0.4, 0.5) is 0 Å². The number of guanidine groups is 1. The summed E-state index contributed by atoms with van der Waals surface area (Å²) in [6.07, 6.45) is 4.94. The molecule has 2 fully saturated rings. The number of aliphatic imine (C=N–C) groups is 1. The van der Waals surface area contributed by atoms with Crippen molar-refractivity contribution in [1.29, 1.82) is 0 Å². The van der Waals surface area contributed by atoms with E-state index in [0.717, 1.165) is 45.4 Å². The van der Waals surface area contributed by atoms with Gasteiger partial charge in [-0.2, -0.15) is 0 Å². The van der Waals surface area contributed by atoms with Gasteiger partial charge in [0.25, 0.3) is 0 Å². The van der Waals surface area contributed by atoms with Crippen molar-refractivity contribution in [2.75, 3.05) is 53.0 Å². The third kappa shape index (κ3) is 6.49. The Kier molecular flexibility index (Phi) is 7.65. The van der Waals surface area contributed by atoms with Crippen LogP contribution in [0, 0.1) is 0 Å². The Labute approximate surface area is 162 Å². The van der Waals surface area contributed by atoms with Crippen molar-refractivity contribution in [2.45, 2.75) is 35.3 Å². The summed E-state index contributed by atoms with van der Waals surface area (Å²) in [5, 5.41) is 6.98. The lowest BCUT2D eigenvalue weighted by molar-refractivity contribution is 0.0372. The predicted octanol–water partition coefficient (Wildman–Crippen LogP) is 2.59. The number of nitrogens with one attached hydrogen (secondary N) is 2. The molecular formula is C20H32N4OS. The molecule has 1 saturated carbocycles. The molecule has 144 valence electrons. The van der Waals surface area contributed by atoms with E-state index < -0.39 is 0 Å². The molecule has 0 unspecified atom stereocenters. The van der Waals surface area contributed by atoms with Crippen LogP contribution in [-0.4, -0.2) is 68.6 Å². The second-order valence-corrected chi connectivity index (χ2v) is 8.65. The van der Waals surface area contributed by atoms with Gasteiger partial charge in [0.1, 0.15) is 0 Å². The molecule has 26 heavy (non-hydrogen) atoms. The molecule has 0 amide bonds. The minimum atomic E-state index is 0.343. The molecule has 0 aromatic heterocycles. The lowest BCUT2D eigenvalue weighted by Gasteiger charge is -2.26. The van der Waals surface area contributed by atoms with E-state index in [0.29, 0.717) is 4.75 Å². The molecule has 1 aliphatic carbocycles. The van der Waals surface area contributed by atoms with Crippen molar-refractivity contribution in [2.24, 2.45) is 4.99 Å². The zero-order valence-corrected chi connectivity index (χ0v) is 16.7. The molecule has 2 N–H and O–H groups in total. The van der Waals surface area contributed by atoms with Crippen molar-refractivity contribution < 1.29 is 4.74 Å². The zero-order chi connectivity index (χ0) is 18.1. The van der Waals surface area contributed by atoms with Gasteiger partial charge < -0.3 is 15.4 Å². The summed E-state index contributed by atoms with van der Waals surface area (Å²) < 4.78 is 5.73. The minimum absolute atomic E-state index is 0.343. The molecule has 1 aliphatic heterocycles. The Balaban J connectivity index is 1.29. The van der Waals surface area contributed by atoms with Crippen LogP contribution < -0.4 is 10.6 Å². The maximum atomic E-state index is 5.39. The highest BCUT2D eigenvalue weighted by Crippen LogP contribution is 2.51. The van der Waals surface area contributed by atoms with E-state index >= 15 is 0 Å². The van der Waals surface area contributed by atoms with Gasteiger partial charge in [-0.15, -0.1) is 11.8 Å². The first-order valence-corrected chi connectivity index (χ1v) is 10.6. The first-order chi connectivity index (χ1) is 12.8. The Morgan fingerprint density at radius 2 is 1.92 bits per heavy atom. The highest BCUT2D eigenvalue weighted by Gasteiger charge is 2.43. The van der Waals surface area contributed by atoms with Crippen molar-refractivity contribution in [3.63, 3.8) is 0 Å². The minimum Gasteiger partial charge on any atom is -0.379 e. The van der Waals surface area contributed by atoms with Crippen LogP contribution in [-0.2, 0) is 4.74 Å². The van der Waals surface area contributed by atoms with E-state index in [9.17, 15) is 0 Å². The van der Waals surface area contributed by atoms with Crippen LogP contribution in [0.15, 0.2) is 40.2 Å². The molecule has 0 bridgehead atoms. The highest BCUT2D eigenvalue weighted by atomic mass is 32.2. The van der Waals surface area contributed by atoms with E-state index in [1.165, 1.54) is 37.1 Å². The van der Waals surface area contributed by atoms with Crippen molar-refractivity contribution in [1.82, 2.24) is 15.5 Å². The molecule has 0 atom stereocenters. The number of unbranched alkanes of at least 4 members (excludes halogenated alkanes) is 1. The van der Waals surface area contributed by atoms with E-state index in [2.05, 4.69) is 50.9 Å². The van der Waals surface area contributed by atoms with Gasteiger partial charge in [-0.3, -0.25) is 9.89 Å². The molecule has 6 heteroatoms. The van der Waals surface area contributed by atoms with E-state index in [1.807, 2.05) is 18.8 Å². The summed E-state index contributed by atoms with van der Waals surface area (Å²) in [7, 11) is 1.85. The van der Waals surface area contributed by atoms with Crippen molar-refractivity contribution >= 4 is 17.7 Å². The fraction of sp³-hybridized carbons (Fsp3) is 0.650. The molecule has 0 radical (unpaired) electrons. The van der Waals surface area contributed by atoms with E-state index in [4.69, 9.17) is 4.74 Å². The average molecular weight is 377 g/mol. The smallest absolute Gasteiger partial charge is 0.191 e. The molecular weight excluding hydrogens is 344 g/mol. The lowest BCUT2D eigenvalue weighted by Crippen LogP contribution is -2.41. The van der Waals surface area contributed by atoms with Crippen LogP contribution in [0.25, 0.3) is 0 Å². The second kappa shape index (κ2) is 10.2. The van der Waals surface area contributed by atoms with Crippen LogP contribution in [0.3, 0.4) is 0 Å². The third-order valence-electron chi connectivity index (χ3n) is 4.98. The predicted molar refractivity (Wildman–Crippen MR) is 110 cm³/mol. The van der Waals surface area contributed by atoms with E-state index in [-0.39, 0.29) is 0 Å². The summed E-state index contributed by atoms with van der Waals surface area (Å²) in [6.45, 7) is 7.06. The third-order valence-corrected chi connectivity index (χ3v) is 6.48.